The Kier molecular flexibility index (Phi) is 5.63. The molecule has 0 aliphatic carbocycles. The van der Waals surface area contributed by atoms with Gasteiger partial charge < -0.3 is 4.74 Å². The number of carbonyl (C=O) groups is 1. The summed E-state index contributed by atoms with van der Waals surface area (Å²) in [7, 11) is 0. The zero-order valence-electron chi connectivity index (χ0n) is 10.7. The van der Waals surface area contributed by atoms with E-state index in [1.165, 1.54) is 0 Å². The molecule has 0 fully saturated rings. The van der Waals surface area contributed by atoms with Crippen molar-refractivity contribution in [2.24, 2.45) is 11.3 Å². The van der Waals surface area contributed by atoms with Crippen LogP contribution in [-0.2, 0) is 9.53 Å². The van der Waals surface area contributed by atoms with Gasteiger partial charge in [0.2, 0.25) is 0 Å². The summed E-state index contributed by atoms with van der Waals surface area (Å²) < 4.78 is 5.14. The SMILES string of the molecule is C=C(C(=O)OCCCC(C)C)C(C)(C)C. The Hall–Kier alpha value is -0.790. The van der Waals surface area contributed by atoms with Crippen LogP contribution < -0.4 is 0 Å². The summed E-state index contributed by atoms with van der Waals surface area (Å²) in [4.78, 5) is 11.5. The molecule has 0 heterocycles. The molecule has 0 spiro atoms. The molecule has 0 unspecified atom stereocenters. The summed E-state index contributed by atoms with van der Waals surface area (Å²) in [5, 5.41) is 0. The van der Waals surface area contributed by atoms with E-state index in [1.54, 1.807) is 0 Å². The van der Waals surface area contributed by atoms with Crippen molar-refractivity contribution < 1.29 is 9.53 Å². The number of esters is 1. The second-order valence-corrected chi connectivity index (χ2v) is 5.40. The molecule has 0 aromatic rings. The van der Waals surface area contributed by atoms with Crippen molar-refractivity contribution in [3.8, 4) is 0 Å². The largest absolute Gasteiger partial charge is 0.462 e. The average Bonchev–Trinajstić information content (AvgIpc) is 2.09. The normalized spacial score (nSPS) is 11.6. The van der Waals surface area contributed by atoms with Gasteiger partial charge in [0.15, 0.2) is 0 Å². The second kappa shape index (κ2) is 5.94. The maximum atomic E-state index is 11.5. The topological polar surface area (TPSA) is 26.3 Å². The minimum Gasteiger partial charge on any atom is -0.462 e. The van der Waals surface area contributed by atoms with E-state index < -0.39 is 0 Å². The van der Waals surface area contributed by atoms with Crippen LogP contribution in [0.2, 0.25) is 0 Å². The molecular weight excluding hydrogens is 188 g/mol. The van der Waals surface area contributed by atoms with Gasteiger partial charge in [-0.1, -0.05) is 41.2 Å². The molecule has 2 nitrogen and oxygen atoms in total. The first-order valence-corrected chi connectivity index (χ1v) is 5.61. The van der Waals surface area contributed by atoms with Gasteiger partial charge in [-0.2, -0.15) is 0 Å². The second-order valence-electron chi connectivity index (χ2n) is 5.40. The van der Waals surface area contributed by atoms with Gasteiger partial charge in [-0.05, 0) is 24.2 Å². The fraction of sp³-hybridized carbons (Fsp3) is 0.769. The van der Waals surface area contributed by atoms with Crippen LogP contribution >= 0.6 is 0 Å². The first kappa shape index (κ1) is 14.2. The lowest BCUT2D eigenvalue weighted by atomic mass is 9.88. The van der Waals surface area contributed by atoms with Gasteiger partial charge in [0.1, 0.15) is 0 Å². The first-order chi connectivity index (χ1) is 6.75. The van der Waals surface area contributed by atoms with Crippen LogP contribution in [0.3, 0.4) is 0 Å². The zero-order chi connectivity index (χ0) is 12.1. The molecule has 0 saturated heterocycles. The third kappa shape index (κ3) is 6.32. The van der Waals surface area contributed by atoms with Crippen LogP contribution in [0.25, 0.3) is 0 Å². The van der Waals surface area contributed by atoms with E-state index in [0.29, 0.717) is 18.1 Å². The van der Waals surface area contributed by atoms with Gasteiger partial charge in [-0.25, -0.2) is 4.79 Å². The summed E-state index contributed by atoms with van der Waals surface area (Å²) in [6, 6.07) is 0. The number of hydrogen-bond donors (Lipinski definition) is 0. The third-order valence-electron chi connectivity index (χ3n) is 2.31. The average molecular weight is 212 g/mol. The zero-order valence-corrected chi connectivity index (χ0v) is 10.7. The molecule has 0 bridgehead atoms. The van der Waals surface area contributed by atoms with Crippen molar-refractivity contribution in [2.45, 2.75) is 47.5 Å². The molecule has 0 N–H and O–H groups in total. The van der Waals surface area contributed by atoms with Crippen LogP contribution in [0.5, 0.6) is 0 Å². The van der Waals surface area contributed by atoms with Crippen molar-refractivity contribution in [3.05, 3.63) is 12.2 Å². The Bertz CT molecular complexity index is 221. The van der Waals surface area contributed by atoms with Crippen molar-refractivity contribution in [3.63, 3.8) is 0 Å². The monoisotopic (exact) mass is 212 g/mol. The molecule has 0 aliphatic heterocycles. The number of rotatable bonds is 5. The predicted octanol–water partition coefficient (Wildman–Crippen LogP) is 3.57. The molecule has 2 heteroatoms. The number of hydrogen-bond acceptors (Lipinski definition) is 2. The maximum absolute atomic E-state index is 11.5. The minimum absolute atomic E-state index is 0.199. The molecule has 0 aromatic heterocycles. The van der Waals surface area contributed by atoms with Crippen LogP contribution in [0.1, 0.15) is 47.5 Å². The van der Waals surface area contributed by atoms with Crippen molar-refractivity contribution in [1.82, 2.24) is 0 Å². The fourth-order valence-electron chi connectivity index (χ4n) is 1.05. The van der Waals surface area contributed by atoms with E-state index in [2.05, 4.69) is 20.4 Å². The van der Waals surface area contributed by atoms with E-state index in [9.17, 15) is 4.79 Å². The van der Waals surface area contributed by atoms with Gasteiger partial charge >= 0.3 is 5.97 Å². The van der Waals surface area contributed by atoms with E-state index >= 15 is 0 Å². The van der Waals surface area contributed by atoms with E-state index in [1.807, 2.05) is 20.8 Å². The molecule has 0 atom stereocenters. The molecule has 0 rings (SSSR count). The van der Waals surface area contributed by atoms with Gasteiger partial charge in [-0.15, -0.1) is 0 Å². The lowest BCUT2D eigenvalue weighted by molar-refractivity contribution is -0.140. The highest BCUT2D eigenvalue weighted by atomic mass is 16.5. The molecular formula is C13H24O2. The van der Waals surface area contributed by atoms with E-state index in [4.69, 9.17) is 4.74 Å². The Balaban J connectivity index is 3.81. The minimum atomic E-state index is -0.258. The molecule has 0 saturated carbocycles. The van der Waals surface area contributed by atoms with Crippen LogP contribution in [0, 0.1) is 11.3 Å². The molecule has 88 valence electrons. The van der Waals surface area contributed by atoms with Crippen molar-refractivity contribution >= 4 is 5.97 Å². The Morgan fingerprint density at radius 1 is 1.33 bits per heavy atom. The lowest BCUT2D eigenvalue weighted by Crippen LogP contribution is -2.19. The Morgan fingerprint density at radius 3 is 2.27 bits per heavy atom. The third-order valence-corrected chi connectivity index (χ3v) is 2.31. The summed E-state index contributed by atoms with van der Waals surface area (Å²) in [5.74, 6) is 0.403. The number of ether oxygens (including phenoxy) is 1. The highest BCUT2D eigenvalue weighted by Gasteiger charge is 2.22. The summed E-state index contributed by atoms with van der Waals surface area (Å²) in [6.07, 6.45) is 2.02. The van der Waals surface area contributed by atoms with Gasteiger partial charge in [0, 0.05) is 5.57 Å². The Labute approximate surface area is 93.7 Å². The highest BCUT2D eigenvalue weighted by Crippen LogP contribution is 2.24. The first-order valence-electron chi connectivity index (χ1n) is 5.61. The molecule has 0 radical (unpaired) electrons. The summed E-state index contributed by atoms with van der Waals surface area (Å²) in [5.41, 5.74) is 0.349. The predicted molar refractivity (Wildman–Crippen MR) is 63.6 cm³/mol. The van der Waals surface area contributed by atoms with E-state index in [0.717, 1.165) is 12.8 Å². The van der Waals surface area contributed by atoms with Crippen molar-refractivity contribution in [2.75, 3.05) is 6.61 Å². The van der Waals surface area contributed by atoms with Crippen LogP contribution in [0.4, 0.5) is 0 Å². The van der Waals surface area contributed by atoms with Gasteiger partial charge in [-0.3, -0.25) is 0 Å². The van der Waals surface area contributed by atoms with E-state index in [-0.39, 0.29) is 11.4 Å². The molecule has 0 aromatic carbocycles. The van der Waals surface area contributed by atoms with Crippen LogP contribution in [-0.4, -0.2) is 12.6 Å². The fourth-order valence-corrected chi connectivity index (χ4v) is 1.05. The quantitative estimate of drug-likeness (QED) is 0.395. The summed E-state index contributed by atoms with van der Waals surface area (Å²) >= 11 is 0. The maximum Gasteiger partial charge on any atom is 0.333 e. The molecule has 15 heavy (non-hydrogen) atoms. The number of carbonyl (C=O) groups excluding carboxylic acids is 1. The van der Waals surface area contributed by atoms with Crippen molar-refractivity contribution in [1.29, 1.82) is 0 Å². The molecule has 0 amide bonds. The summed E-state index contributed by atoms with van der Waals surface area (Å²) in [6.45, 7) is 14.5. The standard InChI is InChI=1S/C13H24O2/c1-10(2)8-7-9-15-12(14)11(3)13(4,5)6/h10H,3,7-9H2,1-2,4-6H3. The Morgan fingerprint density at radius 2 is 1.87 bits per heavy atom. The smallest absolute Gasteiger partial charge is 0.333 e. The highest BCUT2D eigenvalue weighted by molar-refractivity contribution is 5.88. The van der Waals surface area contributed by atoms with Gasteiger partial charge in [0.05, 0.1) is 6.61 Å². The van der Waals surface area contributed by atoms with Gasteiger partial charge in [0.25, 0.3) is 0 Å². The lowest BCUT2D eigenvalue weighted by Gasteiger charge is -2.20. The van der Waals surface area contributed by atoms with Crippen LogP contribution in [0.15, 0.2) is 12.2 Å². The molecule has 0 aliphatic rings.